The summed E-state index contributed by atoms with van der Waals surface area (Å²) in [5.41, 5.74) is 4.79. The second-order valence-corrected chi connectivity index (χ2v) is 17.2. The van der Waals surface area contributed by atoms with Gasteiger partial charge in [-0.15, -0.1) is 34.8 Å². The summed E-state index contributed by atoms with van der Waals surface area (Å²) in [6, 6.07) is 4.82. The van der Waals surface area contributed by atoms with E-state index in [1.807, 2.05) is 13.0 Å². The number of carbonyl (C=O) groups excluding carboxylic acids is 6. The molecule has 27 nitrogen and oxygen atoms in total. The number of hydrogen-bond acceptors (Lipinski definition) is 18. The van der Waals surface area contributed by atoms with Gasteiger partial charge >= 0.3 is 53.7 Å². The fraction of sp³-hybridized carbons (Fsp3) is 0.472. The van der Waals surface area contributed by atoms with E-state index in [0.29, 0.717) is 145 Å². The molecule has 4 heterocycles. The molecule has 4 fully saturated rings. The van der Waals surface area contributed by atoms with E-state index < -0.39 is 0 Å². The van der Waals surface area contributed by atoms with Crippen LogP contribution in [0.2, 0.25) is 0 Å². The average Bonchev–Trinajstić information content (AvgIpc) is 4.40. The van der Waals surface area contributed by atoms with Gasteiger partial charge in [-0.3, -0.25) is 9.59 Å². The summed E-state index contributed by atoms with van der Waals surface area (Å²) in [5, 5.41) is 38.6. The van der Waals surface area contributed by atoms with Gasteiger partial charge in [0.15, 0.2) is 23.0 Å². The largest absolute Gasteiger partial charge is 1.00 e. The van der Waals surface area contributed by atoms with Crippen molar-refractivity contribution in [1.82, 2.24) is 46.3 Å². The molecule has 0 aromatic heterocycles. The van der Waals surface area contributed by atoms with Crippen molar-refractivity contribution in [1.29, 1.82) is 0 Å². The molecule has 0 atom stereocenters. The molecule has 1 aromatic rings. The van der Waals surface area contributed by atoms with Crippen molar-refractivity contribution in [3.63, 3.8) is 0 Å². The average molecular weight is 1300 g/mol. The molecule has 474 valence electrons. The third-order valence-corrected chi connectivity index (χ3v) is 10.8. The molecule has 4 aliphatic heterocycles. The number of nitrogens with one attached hydrogen (secondary N) is 5. The van der Waals surface area contributed by atoms with Crippen LogP contribution in [0.5, 0.6) is 11.5 Å². The Morgan fingerprint density at radius 1 is 0.729 bits per heavy atom. The molecule has 8 amide bonds. The van der Waals surface area contributed by atoms with Crippen molar-refractivity contribution >= 4 is 83.4 Å². The second-order valence-electron chi connectivity index (χ2n) is 16.0. The van der Waals surface area contributed by atoms with Crippen LogP contribution < -0.4 is 75.9 Å². The number of methoxy groups -OCH3 is 4. The van der Waals surface area contributed by atoms with Gasteiger partial charge < -0.3 is 99.7 Å². The van der Waals surface area contributed by atoms with Crippen molar-refractivity contribution in [3.05, 3.63) is 125 Å². The first-order chi connectivity index (χ1) is 40.8. The third kappa shape index (κ3) is 40.8. The van der Waals surface area contributed by atoms with E-state index in [-0.39, 0.29) is 59.0 Å². The summed E-state index contributed by atoms with van der Waals surface area (Å²) in [7, 11) is 6.13. The van der Waals surface area contributed by atoms with Gasteiger partial charge in [-0.2, -0.15) is 0 Å². The Morgan fingerprint density at radius 2 is 1.26 bits per heavy atom. The topological polar surface area (TPSA) is 343 Å². The summed E-state index contributed by atoms with van der Waals surface area (Å²) < 4.78 is 44.0. The van der Waals surface area contributed by atoms with Crippen molar-refractivity contribution in [3.8, 4) is 11.5 Å². The van der Waals surface area contributed by atoms with E-state index in [4.69, 9.17) is 78.2 Å². The van der Waals surface area contributed by atoms with Crippen LogP contribution in [0.3, 0.4) is 0 Å². The second kappa shape index (κ2) is 58.3. The summed E-state index contributed by atoms with van der Waals surface area (Å²) in [4.78, 5) is 71.9. The molecule has 0 spiro atoms. The fourth-order valence-corrected chi connectivity index (χ4v) is 6.78. The van der Waals surface area contributed by atoms with Crippen LogP contribution in [0.15, 0.2) is 115 Å². The normalized spacial score (nSPS) is 14.7. The van der Waals surface area contributed by atoms with E-state index in [1.54, 1.807) is 82.6 Å². The summed E-state index contributed by atoms with van der Waals surface area (Å²) >= 11 is 18.3. The molecule has 4 aliphatic rings. The molecule has 0 radical (unpaired) electrons. The molecule has 4 saturated heterocycles. The number of benzene rings is 1. The van der Waals surface area contributed by atoms with Crippen LogP contribution in [0, 0.1) is 5.21 Å². The van der Waals surface area contributed by atoms with E-state index >= 15 is 0 Å². The van der Waals surface area contributed by atoms with Gasteiger partial charge in [-0.1, -0.05) is 6.08 Å². The number of rotatable bonds is 30. The molecule has 0 saturated carbocycles. The number of allylic oxidation sites excluding steroid dienone is 7. The predicted octanol–water partition coefficient (Wildman–Crippen LogP) is 0.952. The van der Waals surface area contributed by atoms with Gasteiger partial charge in [0, 0.05) is 88.9 Å². The number of aldehydes is 2. The van der Waals surface area contributed by atoms with Crippen LogP contribution in [-0.4, -0.2) is 218 Å². The SMILES string of the molecule is C/C=C(OCCN1CCNC1=O)\C(=C/CC[NH2+][O-])OC.CO/C=C/C(=C\C=C\OCCN1CCNC1=O)CNO.CO/C=C/C(C=CC=O)=CO.COc1cc(C=O)ccc1OCCN1CCNC1=O.ClCCl.O=C1NCCN1CCCl.[Na+].[O-]Cl. The standard InChI is InChI=1S/C13H21N3O4.C13H23N3O4.C13H16N2O4.C8H10O3.C5H9ClN2O.CH2Cl2.ClO.Na/c1-19-9-4-12(11-15-18)3-2-8-20-10-7-16-6-5-14-13(16)17;1-3-11(12(19-2)5-4-6-15-18)20-10-9-16-8-7-14-13(16)17;1-18-12-8-10(9-16)2-3-11(12)19-7-6-15-5-4-14-13(15)17;1-11-6-4-8(7-10)3-2-5-9;6-1-3-8-4-2-7-5(8)9;2-1-3;1-2;/h2-4,8-9,15,18H,5-7,10-11H2,1H3,(H,14,17);3,5H,4,6-10,15H2,1-2H3,(H,14,17);2-3,8-9H,4-7H2,1H3,(H,14,17);2-7,10H,1H3;1-4H2,(H,7,9);1H2;;/q;;;;;;-1;+1/b8-2+,9-4+,12-3+;11-3+,12-5+;;3-2?,6-4+,8-7?;;;;. The van der Waals surface area contributed by atoms with Crippen molar-refractivity contribution in [2.75, 3.05) is 151 Å². The van der Waals surface area contributed by atoms with Gasteiger partial charge in [0.05, 0.1) is 85.0 Å². The Balaban J connectivity index is -0.000000991. The third-order valence-electron chi connectivity index (χ3n) is 10.6. The van der Waals surface area contributed by atoms with Gasteiger partial charge in [0.1, 0.15) is 32.4 Å². The molecule has 0 bridgehead atoms. The summed E-state index contributed by atoms with van der Waals surface area (Å²) in [6.07, 6.45) is 20.5. The molecule has 85 heavy (non-hydrogen) atoms. The van der Waals surface area contributed by atoms with E-state index in [2.05, 4.69) is 43.4 Å². The van der Waals surface area contributed by atoms with Crippen molar-refractivity contribution in [2.24, 2.45) is 0 Å². The number of halogens is 4. The molecule has 9 N–H and O–H groups in total. The quantitative estimate of drug-likeness (QED) is 0.00777. The monoisotopic (exact) mass is 1290 g/mol. The predicted molar refractivity (Wildman–Crippen MR) is 318 cm³/mol. The first-order valence-corrected chi connectivity index (χ1v) is 27.6. The Morgan fingerprint density at radius 3 is 1.69 bits per heavy atom. The van der Waals surface area contributed by atoms with Crippen LogP contribution in [0.4, 0.5) is 19.2 Å². The number of ether oxygens (including phenoxy) is 7. The number of carbonyl (C=O) groups is 6. The zero-order chi connectivity index (χ0) is 63.0. The number of alkyl halides is 3. The Kier molecular flexibility index (Phi) is 57.0. The zero-order valence-corrected chi connectivity index (χ0v) is 53.9. The van der Waals surface area contributed by atoms with Crippen LogP contribution in [0.1, 0.15) is 23.7 Å². The summed E-state index contributed by atoms with van der Waals surface area (Å²) in [6.45, 7) is 11.9. The molecule has 1 aromatic carbocycles. The maximum atomic E-state index is 11.4. The smallest absolute Gasteiger partial charge is 0.769 e. The van der Waals surface area contributed by atoms with E-state index in [9.17, 15) is 34.0 Å². The number of hydrogen-bond donors (Lipinski definition) is 8. The van der Waals surface area contributed by atoms with Gasteiger partial charge in [-0.25, -0.2) is 36.5 Å². The van der Waals surface area contributed by atoms with Crippen molar-refractivity contribution in [2.45, 2.75) is 13.3 Å². The number of hydroxylamine groups is 2. The molecule has 32 heteroatoms. The number of amides is 8. The summed E-state index contributed by atoms with van der Waals surface area (Å²) in [5.74, 6) is 2.83. The number of quaternary nitrogens is 1. The number of nitrogens with two attached hydrogens (primary N) is 1. The van der Waals surface area contributed by atoms with Crippen LogP contribution in [0.25, 0.3) is 0 Å². The number of aliphatic hydroxyl groups is 1. The molecule has 0 unspecified atom stereocenters. The zero-order valence-electron chi connectivity index (χ0n) is 48.9. The molecule has 5 rings (SSSR count). The van der Waals surface area contributed by atoms with E-state index in [1.165, 1.54) is 45.0 Å². The fourth-order valence-electron chi connectivity index (χ4n) is 6.58. The first kappa shape index (κ1) is 83.1. The first-order valence-electron chi connectivity index (χ1n) is 25.7. The van der Waals surface area contributed by atoms with E-state index in [0.717, 1.165) is 43.2 Å². The minimum Gasteiger partial charge on any atom is -0.769 e. The number of aliphatic hydroxyl groups excluding tert-OH is 1. The van der Waals surface area contributed by atoms with Gasteiger partial charge in [0.2, 0.25) is 0 Å². The maximum Gasteiger partial charge on any atom is 1.00 e. The maximum absolute atomic E-state index is 11.4. The number of urea groups is 4. The Hall–Kier alpha value is -6.08. The molecule has 0 aliphatic carbocycles. The van der Waals surface area contributed by atoms with Gasteiger partial charge in [0.25, 0.3) is 0 Å². The Labute approximate surface area is 539 Å². The number of nitrogens with zero attached hydrogens (tertiary/aromatic N) is 4. The Bertz CT molecular complexity index is 2250. The van der Waals surface area contributed by atoms with Gasteiger partial charge in [-0.05, 0) is 73.2 Å². The minimum atomic E-state index is -0.0631. The van der Waals surface area contributed by atoms with Crippen LogP contribution in [-0.2, 0) is 28.5 Å². The van der Waals surface area contributed by atoms with Crippen molar-refractivity contribution < 1.29 is 112 Å². The molecular formula is C53H81Cl4N10NaO17. The van der Waals surface area contributed by atoms with Crippen LogP contribution >= 0.6 is 46.7 Å². The molecular weight excluding hydrogens is 1210 g/mol. The minimum absolute atomic E-state index is 0.